The molecule has 1 aromatic carbocycles. The highest BCUT2D eigenvalue weighted by atomic mass is 35.5. The molecule has 2 heterocycles. The summed E-state index contributed by atoms with van der Waals surface area (Å²) in [6.45, 7) is 8.73. The van der Waals surface area contributed by atoms with E-state index in [9.17, 15) is 14.4 Å². The van der Waals surface area contributed by atoms with Gasteiger partial charge in [0, 0.05) is 49.7 Å². The van der Waals surface area contributed by atoms with Crippen molar-refractivity contribution in [1.82, 2.24) is 10.2 Å². The molecule has 152 valence electrons. The van der Waals surface area contributed by atoms with Crippen LogP contribution in [0.4, 0.5) is 5.69 Å². The monoisotopic (exact) mass is 405 g/mol. The minimum Gasteiger partial charge on any atom is -0.368 e. The topological polar surface area (TPSA) is 69.7 Å². The van der Waals surface area contributed by atoms with Crippen LogP contribution in [0.5, 0.6) is 0 Å². The summed E-state index contributed by atoms with van der Waals surface area (Å²) in [5, 5.41) is 3.12. The molecule has 3 amide bonds. The second-order valence-corrected chi connectivity index (χ2v) is 8.60. The van der Waals surface area contributed by atoms with Crippen LogP contribution in [0.15, 0.2) is 18.2 Å². The first-order valence-electron chi connectivity index (χ1n) is 9.86. The van der Waals surface area contributed by atoms with E-state index in [2.05, 4.69) is 17.1 Å². The fraction of sp³-hybridized carbons (Fsp3) is 0.571. The van der Waals surface area contributed by atoms with Crippen molar-refractivity contribution in [2.75, 3.05) is 31.1 Å². The van der Waals surface area contributed by atoms with Crippen LogP contribution >= 0.6 is 11.6 Å². The van der Waals surface area contributed by atoms with Crippen LogP contribution in [-0.4, -0.2) is 48.8 Å². The average Bonchev–Trinajstić information content (AvgIpc) is 2.96. The molecule has 28 heavy (non-hydrogen) atoms. The van der Waals surface area contributed by atoms with Crippen molar-refractivity contribution >= 4 is 35.0 Å². The Hall–Kier alpha value is -2.08. The molecule has 1 atom stereocenters. The summed E-state index contributed by atoms with van der Waals surface area (Å²) >= 11 is 6.13. The first-order valence-corrected chi connectivity index (χ1v) is 10.2. The lowest BCUT2D eigenvalue weighted by Crippen LogP contribution is -2.49. The molecular weight excluding hydrogens is 378 g/mol. The molecule has 0 spiro atoms. The van der Waals surface area contributed by atoms with Crippen LogP contribution in [0, 0.1) is 18.3 Å². The molecule has 0 aliphatic carbocycles. The first kappa shape index (κ1) is 20.6. The highest BCUT2D eigenvalue weighted by Crippen LogP contribution is 2.40. The summed E-state index contributed by atoms with van der Waals surface area (Å²) in [4.78, 5) is 40.9. The van der Waals surface area contributed by atoms with Crippen molar-refractivity contribution < 1.29 is 14.4 Å². The molecule has 6 nitrogen and oxygen atoms in total. The van der Waals surface area contributed by atoms with Crippen LogP contribution < -0.4 is 10.2 Å². The van der Waals surface area contributed by atoms with Crippen molar-refractivity contribution in [2.45, 2.75) is 40.0 Å². The number of halogens is 1. The Kier molecular flexibility index (Phi) is 5.98. The van der Waals surface area contributed by atoms with E-state index in [1.165, 1.54) is 5.56 Å². The molecule has 0 saturated carbocycles. The molecule has 2 fully saturated rings. The fourth-order valence-electron chi connectivity index (χ4n) is 4.23. The number of aryl methyl sites for hydroxylation is 1. The third-order valence-electron chi connectivity index (χ3n) is 6.22. The SMILES string of the molecule is Cc1ccc(Cl)cc1N1CCN(C(=O)CCC2(C(C)C)CC(=O)NC2=O)CC1. The molecular formula is C21H28ClN3O3. The van der Waals surface area contributed by atoms with Crippen molar-refractivity contribution in [3.8, 4) is 0 Å². The minimum atomic E-state index is -0.757. The van der Waals surface area contributed by atoms with Crippen LogP contribution in [0.25, 0.3) is 0 Å². The third kappa shape index (κ3) is 4.02. The Bertz CT molecular complexity index is 787. The molecule has 1 aromatic rings. The largest absolute Gasteiger partial charge is 0.368 e. The minimum absolute atomic E-state index is 0.00871. The smallest absolute Gasteiger partial charge is 0.233 e. The number of piperazine rings is 1. The molecule has 2 saturated heterocycles. The van der Waals surface area contributed by atoms with Gasteiger partial charge in [0.1, 0.15) is 0 Å². The summed E-state index contributed by atoms with van der Waals surface area (Å²) in [5.41, 5.74) is 1.52. The zero-order valence-electron chi connectivity index (χ0n) is 16.8. The number of hydrogen-bond acceptors (Lipinski definition) is 4. The third-order valence-corrected chi connectivity index (χ3v) is 6.45. The number of nitrogens with zero attached hydrogens (tertiary/aromatic N) is 2. The van der Waals surface area contributed by atoms with Gasteiger partial charge in [-0.1, -0.05) is 31.5 Å². The molecule has 0 bridgehead atoms. The highest BCUT2D eigenvalue weighted by Gasteiger charge is 2.48. The van der Waals surface area contributed by atoms with Gasteiger partial charge >= 0.3 is 0 Å². The first-order chi connectivity index (χ1) is 13.2. The molecule has 1 unspecified atom stereocenters. The van der Waals surface area contributed by atoms with E-state index >= 15 is 0 Å². The number of nitrogens with one attached hydrogen (secondary N) is 1. The molecule has 0 radical (unpaired) electrons. The molecule has 7 heteroatoms. The highest BCUT2D eigenvalue weighted by molar-refractivity contribution is 6.30. The molecule has 3 rings (SSSR count). The number of imide groups is 1. The second-order valence-electron chi connectivity index (χ2n) is 8.16. The zero-order chi connectivity index (χ0) is 20.5. The van der Waals surface area contributed by atoms with Gasteiger partial charge in [-0.3, -0.25) is 19.7 Å². The summed E-state index contributed by atoms with van der Waals surface area (Å²) < 4.78 is 0. The van der Waals surface area contributed by atoms with Gasteiger partial charge in [-0.05, 0) is 37.0 Å². The normalized spacial score (nSPS) is 22.8. The van der Waals surface area contributed by atoms with Crippen molar-refractivity contribution in [1.29, 1.82) is 0 Å². The predicted octanol–water partition coefficient (Wildman–Crippen LogP) is 2.77. The lowest BCUT2D eigenvalue weighted by atomic mass is 9.72. The average molecular weight is 406 g/mol. The Labute approximate surface area is 171 Å². The Balaban J connectivity index is 1.57. The van der Waals surface area contributed by atoms with Crippen molar-refractivity contribution in [3.05, 3.63) is 28.8 Å². The maximum atomic E-state index is 12.7. The molecule has 0 aromatic heterocycles. The standard InChI is InChI=1S/C21H28ClN3O3/c1-14(2)21(13-18(26)23-20(21)28)7-6-19(27)25-10-8-24(9-11-25)17-12-16(22)5-4-15(17)3/h4-5,12,14H,6-11,13H2,1-3H3,(H,23,26,28). The summed E-state index contributed by atoms with van der Waals surface area (Å²) in [7, 11) is 0. The summed E-state index contributed by atoms with van der Waals surface area (Å²) in [6, 6.07) is 5.86. The van der Waals surface area contributed by atoms with Gasteiger partial charge in [0.05, 0.1) is 5.41 Å². The summed E-state index contributed by atoms with van der Waals surface area (Å²) in [6.07, 6.45) is 0.877. The number of carbonyl (C=O) groups is 3. The number of anilines is 1. The number of carbonyl (C=O) groups excluding carboxylic acids is 3. The van der Waals surface area contributed by atoms with Gasteiger partial charge in [-0.2, -0.15) is 0 Å². The number of benzene rings is 1. The van der Waals surface area contributed by atoms with Gasteiger partial charge < -0.3 is 9.80 Å². The van der Waals surface area contributed by atoms with Crippen LogP contribution in [-0.2, 0) is 14.4 Å². The van der Waals surface area contributed by atoms with E-state index in [0.29, 0.717) is 24.5 Å². The van der Waals surface area contributed by atoms with Crippen LogP contribution in [0.1, 0.15) is 38.7 Å². The van der Waals surface area contributed by atoms with Crippen molar-refractivity contribution in [2.24, 2.45) is 11.3 Å². The van der Waals surface area contributed by atoms with E-state index in [0.717, 1.165) is 18.8 Å². The Morgan fingerprint density at radius 3 is 2.46 bits per heavy atom. The zero-order valence-corrected chi connectivity index (χ0v) is 17.5. The lowest BCUT2D eigenvalue weighted by molar-refractivity contribution is -0.134. The number of hydrogen-bond donors (Lipinski definition) is 1. The van der Waals surface area contributed by atoms with Crippen LogP contribution in [0.3, 0.4) is 0 Å². The molecule has 1 N–H and O–H groups in total. The molecule has 2 aliphatic heterocycles. The van der Waals surface area contributed by atoms with Gasteiger partial charge in [0.2, 0.25) is 17.7 Å². The maximum Gasteiger partial charge on any atom is 0.233 e. The Morgan fingerprint density at radius 2 is 1.89 bits per heavy atom. The van der Waals surface area contributed by atoms with E-state index in [1.54, 1.807) is 0 Å². The van der Waals surface area contributed by atoms with E-state index in [1.807, 2.05) is 36.9 Å². The molecule has 2 aliphatic rings. The lowest BCUT2D eigenvalue weighted by Gasteiger charge is -2.37. The van der Waals surface area contributed by atoms with E-state index in [-0.39, 0.29) is 36.5 Å². The predicted molar refractivity (Wildman–Crippen MR) is 109 cm³/mol. The van der Waals surface area contributed by atoms with E-state index in [4.69, 9.17) is 11.6 Å². The quantitative estimate of drug-likeness (QED) is 0.765. The van der Waals surface area contributed by atoms with Crippen molar-refractivity contribution in [3.63, 3.8) is 0 Å². The maximum absolute atomic E-state index is 12.7. The van der Waals surface area contributed by atoms with E-state index < -0.39 is 5.41 Å². The number of amides is 3. The van der Waals surface area contributed by atoms with Gasteiger partial charge in [-0.15, -0.1) is 0 Å². The summed E-state index contributed by atoms with van der Waals surface area (Å²) in [5.74, 6) is -0.415. The number of rotatable bonds is 5. The van der Waals surface area contributed by atoms with Crippen LogP contribution in [0.2, 0.25) is 5.02 Å². The van der Waals surface area contributed by atoms with Gasteiger partial charge in [-0.25, -0.2) is 0 Å². The fourth-order valence-corrected chi connectivity index (χ4v) is 4.39. The van der Waals surface area contributed by atoms with Gasteiger partial charge in [0.15, 0.2) is 0 Å². The van der Waals surface area contributed by atoms with Gasteiger partial charge in [0.25, 0.3) is 0 Å². The Morgan fingerprint density at radius 1 is 1.21 bits per heavy atom. The second kappa shape index (κ2) is 8.11.